The number of amides is 1. The number of carbonyl (C=O) groups excluding carboxylic acids is 1. The Kier molecular flexibility index (Phi) is 4.37. The van der Waals surface area contributed by atoms with Crippen LogP contribution in [0.2, 0.25) is 0 Å². The van der Waals surface area contributed by atoms with Gasteiger partial charge in [0.2, 0.25) is 0 Å². The van der Waals surface area contributed by atoms with E-state index in [0.29, 0.717) is 5.75 Å². The van der Waals surface area contributed by atoms with E-state index in [1.165, 1.54) is 12.1 Å². The first-order chi connectivity index (χ1) is 9.58. The highest BCUT2D eigenvalue weighted by molar-refractivity contribution is 7.90. The molecule has 0 bridgehead atoms. The fourth-order valence-corrected chi connectivity index (χ4v) is 2.50. The van der Waals surface area contributed by atoms with E-state index >= 15 is 0 Å². The zero-order chi connectivity index (χ0) is 14.4. The van der Waals surface area contributed by atoms with Crippen molar-refractivity contribution < 1.29 is 17.9 Å². The molecule has 0 heterocycles. The lowest BCUT2D eigenvalue weighted by Crippen LogP contribution is -2.34. The van der Waals surface area contributed by atoms with Crippen LogP contribution < -0.4 is 9.46 Å². The van der Waals surface area contributed by atoms with Gasteiger partial charge in [0.1, 0.15) is 5.75 Å². The van der Waals surface area contributed by atoms with E-state index < -0.39 is 15.9 Å². The molecular weight excluding hydrogens is 278 g/mol. The van der Waals surface area contributed by atoms with Crippen molar-refractivity contribution in [1.82, 2.24) is 4.72 Å². The van der Waals surface area contributed by atoms with E-state index in [0.717, 1.165) is 0 Å². The highest BCUT2D eigenvalue weighted by atomic mass is 32.2. The van der Waals surface area contributed by atoms with Crippen LogP contribution in [0.15, 0.2) is 65.6 Å². The van der Waals surface area contributed by atoms with E-state index in [1.807, 2.05) is 10.8 Å². The van der Waals surface area contributed by atoms with E-state index in [2.05, 4.69) is 0 Å². The van der Waals surface area contributed by atoms with E-state index in [9.17, 15) is 13.2 Å². The minimum Gasteiger partial charge on any atom is -0.484 e. The summed E-state index contributed by atoms with van der Waals surface area (Å²) in [7, 11) is -3.84. The molecule has 0 aliphatic carbocycles. The first-order valence-electron chi connectivity index (χ1n) is 5.86. The second kappa shape index (κ2) is 6.21. The lowest BCUT2D eigenvalue weighted by Gasteiger charge is -2.08. The van der Waals surface area contributed by atoms with Gasteiger partial charge in [-0.3, -0.25) is 4.79 Å². The highest BCUT2D eigenvalue weighted by Gasteiger charge is 2.17. The molecule has 2 aromatic rings. The molecule has 0 saturated carbocycles. The van der Waals surface area contributed by atoms with Crippen LogP contribution in [0.3, 0.4) is 0 Å². The largest absolute Gasteiger partial charge is 0.484 e. The lowest BCUT2D eigenvalue weighted by atomic mass is 10.3. The van der Waals surface area contributed by atoms with Crippen molar-refractivity contribution in [3.8, 4) is 5.75 Å². The summed E-state index contributed by atoms with van der Waals surface area (Å²) in [6.07, 6.45) is 0. The summed E-state index contributed by atoms with van der Waals surface area (Å²) >= 11 is 0. The van der Waals surface area contributed by atoms with Crippen molar-refractivity contribution in [2.24, 2.45) is 0 Å². The molecule has 0 spiro atoms. The summed E-state index contributed by atoms with van der Waals surface area (Å²) in [6, 6.07) is 16.4. The quantitative estimate of drug-likeness (QED) is 0.907. The summed E-state index contributed by atoms with van der Waals surface area (Å²) in [5.41, 5.74) is 0. The van der Waals surface area contributed by atoms with Crippen LogP contribution >= 0.6 is 0 Å². The Morgan fingerprint density at radius 2 is 1.50 bits per heavy atom. The summed E-state index contributed by atoms with van der Waals surface area (Å²) < 4.78 is 30.9. The van der Waals surface area contributed by atoms with Crippen molar-refractivity contribution in [2.75, 3.05) is 6.61 Å². The third-order valence-electron chi connectivity index (χ3n) is 2.41. The van der Waals surface area contributed by atoms with Gasteiger partial charge < -0.3 is 4.74 Å². The Morgan fingerprint density at radius 1 is 0.950 bits per heavy atom. The normalized spacial score (nSPS) is 10.8. The van der Waals surface area contributed by atoms with Crippen LogP contribution in [-0.4, -0.2) is 20.9 Å². The molecule has 0 aromatic heterocycles. The number of sulfonamides is 1. The average molecular weight is 291 g/mol. The van der Waals surface area contributed by atoms with E-state index in [4.69, 9.17) is 4.74 Å². The van der Waals surface area contributed by atoms with Gasteiger partial charge in [-0.15, -0.1) is 0 Å². The maximum absolute atomic E-state index is 11.9. The summed E-state index contributed by atoms with van der Waals surface area (Å²) in [5.74, 6) is -0.225. The highest BCUT2D eigenvalue weighted by Crippen LogP contribution is 2.09. The van der Waals surface area contributed by atoms with Crippen molar-refractivity contribution in [2.45, 2.75) is 4.90 Å². The number of para-hydroxylation sites is 1. The maximum Gasteiger partial charge on any atom is 0.271 e. The molecule has 104 valence electrons. The zero-order valence-electron chi connectivity index (χ0n) is 10.5. The molecule has 2 aromatic carbocycles. The van der Waals surface area contributed by atoms with Gasteiger partial charge in [-0.1, -0.05) is 36.4 Å². The molecule has 0 fully saturated rings. The summed E-state index contributed by atoms with van der Waals surface area (Å²) in [6.45, 7) is -0.365. The number of rotatable bonds is 5. The second-order valence-corrected chi connectivity index (χ2v) is 5.63. The molecule has 0 saturated heterocycles. The standard InChI is InChI=1S/C14H13NO4S/c16-14(11-19-12-7-3-1-4-8-12)15-20(17,18)13-9-5-2-6-10-13/h1-10H,11H2,(H,15,16). The van der Waals surface area contributed by atoms with Gasteiger partial charge in [0.15, 0.2) is 6.61 Å². The molecule has 1 N–H and O–H groups in total. The number of benzene rings is 2. The smallest absolute Gasteiger partial charge is 0.271 e. The maximum atomic E-state index is 11.9. The van der Waals surface area contributed by atoms with Gasteiger partial charge >= 0.3 is 0 Å². The molecule has 5 nitrogen and oxygen atoms in total. The SMILES string of the molecule is O=C(COc1ccccc1)NS(=O)(=O)c1ccccc1. The summed E-state index contributed by atoms with van der Waals surface area (Å²) in [4.78, 5) is 11.6. The molecule has 0 atom stereocenters. The predicted molar refractivity (Wildman–Crippen MR) is 73.7 cm³/mol. The number of ether oxygens (including phenoxy) is 1. The van der Waals surface area contributed by atoms with Gasteiger partial charge in [-0.25, -0.2) is 13.1 Å². The topological polar surface area (TPSA) is 72.5 Å². The molecule has 6 heteroatoms. The lowest BCUT2D eigenvalue weighted by molar-refractivity contribution is -0.121. The van der Waals surface area contributed by atoms with Crippen LogP contribution in [0.5, 0.6) is 5.75 Å². The van der Waals surface area contributed by atoms with E-state index in [-0.39, 0.29) is 11.5 Å². The Balaban J connectivity index is 1.95. The number of carbonyl (C=O) groups is 1. The molecular formula is C14H13NO4S. The molecule has 0 unspecified atom stereocenters. The first-order valence-corrected chi connectivity index (χ1v) is 7.35. The van der Waals surface area contributed by atoms with Crippen LogP contribution in [0.4, 0.5) is 0 Å². The average Bonchev–Trinajstić information content (AvgIpc) is 2.47. The van der Waals surface area contributed by atoms with Crippen molar-refractivity contribution in [3.05, 3.63) is 60.7 Å². The molecule has 20 heavy (non-hydrogen) atoms. The van der Waals surface area contributed by atoms with Crippen LogP contribution in [-0.2, 0) is 14.8 Å². The number of nitrogens with one attached hydrogen (secondary N) is 1. The first kappa shape index (κ1) is 14.1. The minimum absolute atomic E-state index is 0.0352. The molecule has 1 amide bonds. The Bertz CT molecular complexity index is 669. The molecule has 2 rings (SSSR count). The molecule has 0 radical (unpaired) electrons. The van der Waals surface area contributed by atoms with Gasteiger partial charge in [-0.2, -0.15) is 0 Å². The molecule has 0 aliphatic heterocycles. The fraction of sp³-hybridized carbons (Fsp3) is 0.0714. The van der Waals surface area contributed by atoms with Crippen molar-refractivity contribution in [3.63, 3.8) is 0 Å². The Labute approximate surface area is 117 Å². The third kappa shape index (κ3) is 3.83. The van der Waals surface area contributed by atoms with Crippen LogP contribution in [0.1, 0.15) is 0 Å². The predicted octanol–water partition coefficient (Wildman–Crippen LogP) is 1.57. The number of hydrogen-bond donors (Lipinski definition) is 1. The van der Waals surface area contributed by atoms with Gasteiger partial charge in [-0.05, 0) is 24.3 Å². The third-order valence-corrected chi connectivity index (χ3v) is 3.80. The Morgan fingerprint density at radius 3 is 2.10 bits per heavy atom. The van der Waals surface area contributed by atoms with E-state index in [1.54, 1.807) is 42.5 Å². The van der Waals surface area contributed by atoms with Crippen molar-refractivity contribution in [1.29, 1.82) is 0 Å². The van der Waals surface area contributed by atoms with Gasteiger partial charge in [0.25, 0.3) is 15.9 Å². The monoisotopic (exact) mass is 291 g/mol. The van der Waals surface area contributed by atoms with Gasteiger partial charge in [0.05, 0.1) is 4.90 Å². The zero-order valence-corrected chi connectivity index (χ0v) is 11.3. The number of hydrogen-bond acceptors (Lipinski definition) is 4. The minimum atomic E-state index is -3.84. The molecule has 0 aliphatic rings. The van der Waals surface area contributed by atoms with Crippen LogP contribution in [0, 0.1) is 0 Å². The second-order valence-electron chi connectivity index (χ2n) is 3.94. The van der Waals surface area contributed by atoms with Crippen LogP contribution in [0.25, 0.3) is 0 Å². The van der Waals surface area contributed by atoms with Crippen molar-refractivity contribution >= 4 is 15.9 Å². The fourth-order valence-electron chi connectivity index (χ4n) is 1.50. The Hall–Kier alpha value is -2.34. The summed E-state index contributed by atoms with van der Waals surface area (Å²) in [5, 5.41) is 0. The van der Waals surface area contributed by atoms with Gasteiger partial charge in [0, 0.05) is 0 Å².